The van der Waals surface area contributed by atoms with Gasteiger partial charge in [0.25, 0.3) is 0 Å². The zero-order valence-electron chi connectivity index (χ0n) is 13.5. The van der Waals surface area contributed by atoms with Gasteiger partial charge in [-0.25, -0.2) is 9.78 Å². The van der Waals surface area contributed by atoms with Crippen LogP contribution in [0.5, 0.6) is 0 Å². The van der Waals surface area contributed by atoms with E-state index in [-0.39, 0.29) is 5.69 Å². The number of benzene rings is 1. The molecule has 0 saturated carbocycles. The highest BCUT2D eigenvalue weighted by molar-refractivity contribution is 7.81. The number of rotatable bonds is 4. The third-order valence-corrected chi connectivity index (χ3v) is 3.51. The zero-order chi connectivity index (χ0) is 20.4. The maximum Gasteiger partial charge on any atom is 0.449 e. The van der Waals surface area contributed by atoms with Gasteiger partial charge in [-0.05, 0) is 30.3 Å². The molecule has 0 atom stereocenters. The maximum atomic E-state index is 12.9. The van der Waals surface area contributed by atoms with Crippen molar-refractivity contribution in [3.05, 3.63) is 53.7 Å². The normalized spacial score (nSPS) is 11.7. The predicted octanol–water partition coefficient (Wildman–Crippen LogP) is 2.74. The van der Waals surface area contributed by atoms with E-state index in [1.54, 1.807) is 0 Å². The summed E-state index contributed by atoms with van der Waals surface area (Å²) >= 11 is 0. The van der Waals surface area contributed by atoms with E-state index in [4.69, 9.17) is 4.55 Å². The molecule has 2 aromatic rings. The van der Waals surface area contributed by atoms with E-state index in [9.17, 15) is 31.2 Å². The summed E-state index contributed by atoms with van der Waals surface area (Å²) in [6, 6.07) is 5.89. The second kappa shape index (κ2) is 7.32. The quantitative estimate of drug-likeness (QED) is 0.780. The van der Waals surface area contributed by atoms with Crippen molar-refractivity contribution < 1.29 is 39.9 Å². The summed E-state index contributed by atoms with van der Waals surface area (Å²) in [4.78, 5) is 28.4. The molecule has 12 heteroatoms. The molecule has 0 aliphatic rings. The molecule has 27 heavy (non-hydrogen) atoms. The lowest BCUT2D eigenvalue weighted by Gasteiger charge is -2.22. The Bertz CT molecular complexity index is 991. The smallest absolute Gasteiger partial charge is 0.320 e. The number of alkyl halides is 3. The predicted molar refractivity (Wildman–Crippen MR) is 85.5 cm³/mol. The van der Waals surface area contributed by atoms with Gasteiger partial charge in [0.1, 0.15) is 5.56 Å². The number of hydrogen-bond acceptors (Lipinski definition) is 6. The summed E-state index contributed by atoms with van der Waals surface area (Å²) in [6.07, 6.45) is -3.56. The highest BCUT2D eigenvalue weighted by atomic mass is 32.3. The van der Waals surface area contributed by atoms with Crippen molar-refractivity contribution in [3.8, 4) is 0 Å². The topological polar surface area (TPSA) is 114 Å². The Balaban J connectivity index is 2.60. The average molecular weight is 404 g/mol. The Kier molecular flexibility index (Phi) is 5.51. The number of pyridine rings is 1. The van der Waals surface area contributed by atoms with Gasteiger partial charge >= 0.3 is 22.5 Å². The van der Waals surface area contributed by atoms with E-state index in [0.717, 1.165) is 31.3 Å². The van der Waals surface area contributed by atoms with Crippen molar-refractivity contribution in [2.24, 2.45) is 0 Å². The second-order valence-electron chi connectivity index (χ2n) is 5.08. The Hall–Kier alpha value is -2.99. The van der Waals surface area contributed by atoms with Gasteiger partial charge in [0.05, 0.1) is 11.3 Å². The minimum Gasteiger partial charge on any atom is -0.320 e. The standard InChI is InChI=1S/C15H11F3N2O6S/c1-9(21)20(11-5-2-4-10(8-11)15(16,17)18)13-12(6-3-7-19-13)14(22)26-27(23,24)25/h2-8H,1H3,(H,23,24,25). The van der Waals surface area contributed by atoms with E-state index in [2.05, 4.69) is 9.17 Å². The Morgan fingerprint density at radius 3 is 2.41 bits per heavy atom. The van der Waals surface area contributed by atoms with E-state index in [1.807, 2.05) is 0 Å². The van der Waals surface area contributed by atoms with Crippen LogP contribution in [0.2, 0.25) is 0 Å². The van der Waals surface area contributed by atoms with Crippen molar-refractivity contribution in [1.29, 1.82) is 0 Å². The van der Waals surface area contributed by atoms with Crippen LogP contribution in [0.1, 0.15) is 22.8 Å². The minimum absolute atomic E-state index is 0.267. The fraction of sp³-hybridized carbons (Fsp3) is 0.133. The molecule has 0 bridgehead atoms. The fourth-order valence-electron chi connectivity index (χ4n) is 2.15. The molecular formula is C15H11F3N2O6S. The van der Waals surface area contributed by atoms with Gasteiger partial charge in [0, 0.05) is 13.1 Å². The molecule has 0 radical (unpaired) electrons. The van der Waals surface area contributed by atoms with Crippen molar-refractivity contribution in [2.75, 3.05) is 4.90 Å². The fourth-order valence-corrected chi connectivity index (χ4v) is 2.43. The molecular weight excluding hydrogens is 393 g/mol. The highest BCUT2D eigenvalue weighted by Crippen LogP contribution is 2.34. The lowest BCUT2D eigenvalue weighted by molar-refractivity contribution is -0.137. The number of nitrogens with zero attached hydrogens (tertiary/aromatic N) is 2. The van der Waals surface area contributed by atoms with E-state index >= 15 is 0 Å². The number of carbonyl (C=O) groups excluding carboxylic acids is 2. The number of aromatic nitrogens is 1. The lowest BCUT2D eigenvalue weighted by Crippen LogP contribution is -2.27. The molecule has 8 nitrogen and oxygen atoms in total. The van der Waals surface area contributed by atoms with Crippen LogP contribution >= 0.6 is 0 Å². The van der Waals surface area contributed by atoms with Crippen molar-refractivity contribution in [2.45, 2.75) is 13.1 Å². The van der Waals surface area contributed by atoms with Gasteiger partial charge in [-0.2, -0.15) is 21.6 Å². The Morgan fingerprint density at radius 2 is 1.85 bits per heavy atom. The first kappa shape index (κ1) is 20.3. The summed E-state index contributed by atoms with van der Waals surface area (Å²) in [7, 11) is -5.15. The molecule has 1 amide bonds. The first-order valence-electron chi connectivity index (χ1n) is 7.04. The molecule has 0 fully saturated rings. The van der Waals surface area contributed by atoms with Crippen molar-refractivity contribution >= 4 is 33.8 Å². The van der Waals surface area contributed by atoms with E-state index in [1.165, 1.54) is 12.1 Å². The maximum absolute atomic E-state index is 12.9. The van der Waals surface area contributed by atoms with Gasteiger partial charge in [0.2, 0.25) is 5.91 Å². The van der Waals surface area contributed by atoms with Crippen LogP contribution in [-0.4, -0.2) is 29.8 Å². The molecule has 1 N–H and O–H groups in total. The Labute approximate surface area is 151 Å². The molecule has 1 aromatic carbocycles. The summed E-state index contributed by atoms with van der Waals surface area (Å²) in [5.74, 6) is -2.86. The molecule has 1 aromatic heterocycles. The van der Waals surface area contributed by atoms with Crippen LogP contribution in [0.4, 0.5) is 24.7 Å². The highest BCUT2D eigenvalue weighted by Gasteiger charge is 2.32. The van der Waals surface area contributed by atoms with Crippen LogP contribution < -0.4 is 4.90 Å². The summed E-state index contributed by atoms with van der Waals surface area (Å²) in [5, 5.41) is 0. The molecule has 2 rings (SSSR count). The molecule has 0 spiro atoms. The largest absolute Gasteiger partial charge is 0.449 e. The van der Waals surface area contributed by atoms with Gasteiger partial charge in [-0.1, -0.05) is 6.07 Å². The zero-order valence-corrected chi connectivity index (χ0v) is 14.3. The van der Waals surface area contributed by atoms with Crippen molar-refractivity contribution in [1.82, 2.24) is 4.98 Å². The first-order valence-corrected chi connectivity index (χ1v) is 8.41. The van der Waals surface area contributed by atoms with Crippen LogP contribution in [0, 0.1) is 0 Å². The van der Waals surface area contributed by atoms with Gasteiger partial charge in [0.15, 0.2) is 5.82 Å². The molecule has 0 aliphatic carbocycles. The van der Waals surface area contributed by atoms with E-state index < -0.39 is 45.4 Å². The monoisotopic (exact) mass is 404 g/mol. The molecule has 0 aliphatic heterocycles. The number of halogens is 3. The average Bonchev–Trinajstić information content (AvgIpc) is 2.53. The molecule has 0 saturated heterocycles. The van der Waals surface area contributed by atoms with Gasteiger partial charge < -0.3 is 4.18 Å². The number of hydrogen-bond donors (Lipinski definition) is 1. The minimum atomic E-state index is -5.15. The second-order valence-corrected chi connectivity index (χ2v) is 6.10. The van der Waals surface area contributed by atoms with Crippen LogP contribution in [0.25, 0.3) is 0 Å². The summed E-state index contributed by atoms with van der Waals surface area (Å²) in [6.45, 7) is 1.01. The molecule has 0 unspecified atom stereocenters. The number of carbonyl (C=O) groups is 2. The summed E-state index contributed by atoms with van der Waals surface area (Å²) in [5.41, 5.74) is -1.89. The number of anilines is 2. The molecule has 144 valence electrons. The van der Waals surface area contributed by atoms with Gasteiger partial charge in [-0.3, -0.25) is 14.2 Å². The Morgan fingerprint density at radius 1 is 1.19 bits per heavy atom. The summed E-state index contributed by atoms with van der Waals surface area (Å²) < 4.78 is 72.8. The number of amides is 1. The van der Waals surface area contributed by atoms with Crippen molar-refractivity contribution in [3.63, 3.8) is 0 Å². The van der Waals surface area contributed by atoms with Crippen LogP contribution in [0.3, 0.4) is 0 Å². The van der Waals surface area contributed by atoms with Gasteiger partial charge in [-0.15, -0.1) is 0 Å². The first-order chi connectivity index (χ1) is 12.4. The molecule has 1 heterocycles. The van der Waals surface area contributed by atoms with Crippen LogP contribution in [-0.2, 0) is 25.6 Å². The third kappa shape index (κ3) is 5.01. The van der Waals surface area contributed by atoms with E-state index in [0.29, 0.717) is 11.0 Å². The lowest BCUT2D eigenvalue weighted by atomic mass is 10.1. The van der Waals surface area contributed by atoms with Crippen LogP contribution in [0.15, 0.2) is 42.6 Å². The SMILES string of the molecule is CC(=O)N(c1cccc(C(F)(F)F)c1)c1ncccc1C(=O)OS(=O)(=O)O. The third-order valence-electron chi connectivity index (χ3n) is 3.15.